The summed E-state index contributed by atoms with van der Waals surface area (Å²) in [7, 11) is -9.26. The second-order valence-electron chi connectivity index (χ2n) is 4.11. The Hall–Kier alpha value is -0.750. The lowest BCUT2D eigenvalue weighted by Gasteiger charge is -2.23. The Morgan fingerprint density at radius 3 is 2.11 bits per heavy atom. The highest BCUT2D eigenvalue weighted by molar-refractivity contribution is 7.93. The van der Waals surface area contributed by atoms with Crippen LogP contribution in [0.15, 0.2) is 29.2 Å². The molecule has 0 saturated carbocycles. The largest absolute Gasteiger partial charge is 0.357 e. The molecule has 0 heterocycles. The fourth-order valence-corrected chi connectivity index (χ4v) is 4.87. The molecule has 0 aliphatic rings. The summed E-state index contributed by atoms with van der Waals surface area (Å²) in [6, 6.07) is 4.62. The van der Waals surface area contributed by atoms with E-state index in [1.54, 1.807) is 0 Å². The van der Waals surface area contributed by atoms with Gasteiger partial charge in [0, 0.05) is 0 Å². The SMILES string of the molecule is CCC(F)(CC)S(=O)(=O)c1ccccc1P(=O)(O)O. The molecule has 0 aliphatic heterocycles. The summed E-state index contributed by atoms with van der Waals surface area (Å²) in [6.45, 7) is 2.75. The molecule has 0 fully saturated rings. The van der Waals surface area contributed by atoms with Crippen molar-refractivity contribution in [2.24, 2.45) is 0 Å². The molecule has 0 aliphatic carbocycles. The molecule has 0 saturated heterocycles. The van der Waals surface area contributed by atoms with Crippen molar-refractivity contribution in [2.75, 3.05) is 0 Å². The van der Waals surface area contributed by atoms with Gasteiger partial charge in [0.25, 0.3) is 0 Å². The third-order valence-corrected chi connectivity index (χ3v) is 6.65. The van der Waals surface area contributed by atoms with Gasteiger partial charge in [-0.3, -0.25) is 4.57 Å². The molecule has 0 bridgehead atoms. The summed E-state index contributed by atoms with van der Waals surface area (Å²) in [6.07, 6.45) is -0.581. The number of alkyl halides is 1. The van der Waals surface area contributed by atoms with Crippen molar-refractivity contribution >= 4 is 22.7 Å². The molecule has 0 aromatic heterocycles. The van der Waals surface area contributed by atoms with Crippen LogP contribution in [-0.2, 0) is 14.4 Å². The molecule has 8 heteroatoms. The van der Waals surface area contributed by atoms with Gasteiger partial charge in [0.15, 0.2) is 0 Å². The molecular weight excluding hydrogens is 294 g/mol. The fourth-order valence-electron chi connectivity index (χ4n) is 1.75. The molecule has 0 radical (unpaired) electrons. The maximum absolute atomic E-state index is 14.4. The zero-order valence-electron chi connectivity index (χ0n) is 10.6. The van der Waals surface area contributed by atoms with Gasteiger partial charge in [0.2, 0.25) is 14.8 Å². The van der Waals surface area contributed by atoms with Gasteiger partial charge in [-0.05, 0) is 25.0 Å². The lowest BCUT2D eigenvalue weighted by atomic mass is 10.2. The van der Waals surface area contributed by atoms with Crippen molar-refractivity contribution in [3.05, 3.63) is 24.3 Å². The minimum Gasteiger partial charge on any atom is -0.321 e. The average Bonchev–Trinajstić information content (AvgIpc) is 2.36. The van der Waals surface area contributed by atoms with Crippen LogP contribution in [-0.4, -0.2) is 23.2 Å². The van der Waals surface area contributed by atoms with Gasteiger partial charge in [-0.2, -0.15) is 0 Å². The molecular formula is C11H16FO5PS. The van der Waals surface area contributed by atoms with Crippen molar-refractivity contribution in [2.45, 2.75) is 36.6 Å². The van der Waals surface area contributed by atoms with E-state index in [1.165, 1.54) is 26.0 Å². The lowest BCUT2D eigenvalue weighted by Crippen LogP contribution is -2.35. The van der Waals surface area contributed by atoms with E-state index in [0.717, 1.165) is 12.1 Å². The maximum Gasteiger partial charge on any atom is 0.357 e. The first kappa shape index (κ1) is 16.3. The predicted octanol–water partition coefficient (Wildman–Crippen LogP) is 1.75. The Balaban J connectivity index is 3.60. The number of sulfone groups is 1. The van der Waals surface area contributed by atoms with E-state index in [2.05, 4.69) is 0 Å². The topological polar surface area (TPSA) is 91.7 Å². The van der Waals surface area contributed by atoms with E-state index in [0.29, 0.717) is 0 Å². The van der Waals surface area contributed by atoms with Crippen LogP contribution in [0.25, 0.3) is 0 Å². The van der Waals surface area contributed by atoms with Gasteiger partial charge >= 0.3 is 7.60 Å². The van der Waals surface area contributed by atoms with E-state index < -0.39 is 32.6 Å². The van der Waals surface area contributed by atoms with E-state index in [1.807, 2.05) is 0 Å². The van der Waals surface area contributed by atoms with Crippen LogP contribution < -0.4 is 5.30 Å². The Morgan fingerprint density at radius 2 is 1.68 bits per heavy atom. The minimum atomic E-state index is -4.79. The van der Waals surface area contributed by atoms with Crippen molar-refractivity contribution in [1.82, 2.24) is 0 Å². The Morgan fingerprint density at radius 1 is 1.21 bits per heavy atom. The minimum absolute atomic E-state index is 0.290. The molecule has 19 heavy (non-hydrogen) atoms. The number of rotatable bonds is 5. The Bertz CT molecular complexity index is 603. The molecule has 5 nitrogen and oxygen atoms in total. The van der Waals surface area contributed by atoms with Crippen LogP contribution in [0.1, 0.15) is 26.7 Å². The van der Waals surface area contributed by atoms with Crippen LogP contribution in [0.2, 0.25) is 0 Å². The van der Waals surface area contributed by atoms with Crippen LogP contribution in [0.3, 0.4) is 0 Å². The average molecular weight is 310 g/mol. The van der Waals surface area contributed by atoms with E-state index >= 15 is 0 Å². The first-order valence-electron chi connectivity index (χ1n) is 5.69. The van der Waals surface area contributed by atoms with E-state index in [9.17, 15) is 17.4 Å². The molecule has 0 spiro atoms. The second kappa shape index (κ2) is 5.32. The van der Waals surface area contributed by atoms with Gasteiger partial charge in [0.1, 0.15) is 0 Å². The van der Waals surface area contributed by atoms with Crippen molar-refractivity contribution < 1.29 is 27.2 Å². The highest BCUT2D eigenvalue weighted by Gasteiger charge is 2.44. The van der Waals surface area contributed by atoms with Crippen molar-refractivity contribution in [3.63, 3.8) is 0 Å². The van der Waals surface area contributed by atoms with Crippen LogP contribution >= 0.6 is 7.60 Å². The number of hydrogen-bond donors (Lipinski definition) is 2. The molecule has 1 aromatic carbocycles. The molecule has 1 aromatic rings. The van der Waals surface area contributed by atoms with Gasteiger partial charge in [0.05, 0.1) is 10.2 Å². The van der Waals surface area contributed by atoms with Gasteiger partial charge in [-0.15, -0.1) is 0 Å². The van der Waals surface area contributed by atoms with Crippen LogP contribution in [0.4, 0.5) is 4.39 Å². The van der Waals surface area contributed by atoms with E-state index in [-0.39, 0.29) is 12.8 Å². The fraction of sp³-hybridized carbons (Fsp3) is 0.455. The Kier molecular flexibility index (Phi) is 4.57. The lowest BCUT2D eigenvalue weighted by molar-refractivity contribution is 0.250. The summed E-state index contributed by atoms with van der Waals surface area (Å²) < 4.78 is 50.3. The third kappa shape index (κ3) is 2.89. The van der Waals surface area contributed by atoms with Gasteiger partial charge in [-0.25, -0.2) is 12.8 Å². The number of hydrogen-bond acceptors (Lipinski definition) is 3. The van der Waals surface area contributed by atoms with Gasteiger partial charge in [-0.1, -0.05) is 26.0 Å². The van der Waals surface area contributed by atoms with E-state index in [4.69, 9.17) is 9.79 Å². The zero-order chi connectivity index (χ0) is 14.9. The molecule has 2 N–H and O–H groups in total. The predicted molar refractivity (Wildman–Crippen MR) is 69.7 cm³/mol. The summed E-state index contributed by atoms with van der Waals surface area (Å²) in [5, 5.41) is -3.20. The molecule has 0 atom stereocenters. The van der Waals surface area contributed by atoms with Gasteiger partial charge < -0.3 is 9.79 Å². The smallest absolute Gasteiger partial charge is 0.321 e. The second-order valence-corrected chi connectivity index (χ2v) is 7.85. The molecule has 108 valence electrons. The standard InChI is InChI=1S/C11H16FO5PS/c1-3-11(12,4-2)19(16,17)10-8-6-5-7-9(10)18(13,14)15/h5-8H,3-4H2,1-2H3,(H2,13,14,15). The Labute approximate surface area is 111 Å². The first-order valence-corrected chi connectivity index (χ1v) is 8.78. The highest BCUT2D eigenvalue weighted by Crippen LogP contribution is 2.40. The molecule has 0 unspecified atom stereocenters. The van der Waals surface area contributed by atoms with Crippen LogP contribution in [0.5, 0.6) is 0 Å². The first-order chi connectivity index (χ1) is 8.60. The van der Waals surface area contributed by atoms with Crippen molar-refractivity contribution in [1.29, 1.82) is 0 Å². The summed E-state index contributed by atoms with van der Waals surface area (Å²) in [5.74, 6) is 0. The summed E-state index contributed by atoms with van der Waals surface area (Å²) in [4.78, 5) is 17.7. The van der Waals surface area contributed by atoms with Crippen molar-refractivity contribution in [3.8, 4) is 0 Å². The third-order valence-electron chi connectivity index (χ3n) is 3.01. The summed E-state index contributed by atoms with van der Waals surface area (Å²) in [5.41, 5.74) is 0. The molecule has 0 amide bonds. The molecule has 1 rings (SSSR count). The number of halogens is 1. The highest BCUT2D eigenvalue weighted by atomic mass is 32.2. The van der Waals surface area contributed by atoms with Crippen LogP contribution in [0, 0.1) is 0 Å². The summed E-state index contributed by atoms with van der Waals surface area (Å²) >= 11 is 0. The quantitative estimate of drug-likeness (QED) is 0.808. The normalized spacial score (nSPS) is 13.5. The maximum atomic E-state index is 14.4. The monoisotopic (exact) mass is 310 g/mol. The number of benzene rings is 1. The zero-order valence-corrected chi connectivity index (χ0v) is 12.3.